The Kier molecular flexibility index (Phi) is 5.39. The van der Waals surface area contributed by atoms with Crippen LogP contribution < -0.4 is 10.6 Å². The molecule has 2 rings (SSSR count). The molecule has 1 heterocycles. The molecule has 5 heteroatoms. The summed E-state index contributed by atoms with van der Waals surface area (Å²) in [5, 5.41) is 17.2. The highest BCUT2D eigenvalue weighted by molar-refractivity contribution is 5.57. The summed E-state index contributed by atoms with van der Waals surface area (Å²) in [6, 6.07) is 0. The second-order valence-corrected chi connectivity index (χ2v) is 6.03. The van der Waals surface area contributed by atoms with E-state index in [9.17, 15) is 5.11 Å². The maximum atomic E-state index is 10.5. The van der Waals surface area contributed by atoms with Crippen molar-refractivity contribution in [1.29, 1.82) is 0 Å². The van der Waals surface area contributed by atoms with E-state index in [0.29, 0.717) is 6.54 Å². The Labute approximate surface area is 127 Å². The van der Waals surface area contributed by atoms with Crippen LogP contribution in [0.25, 0.3) is 0 Å². The molecule has 1 fully saturated rings. The van der Waals surface area contributed by atoms with E-state index in [1.807, 2.05) is 6.92 Å². The molecule has 0 atom stereocenters. The quantitative estimate of drug-likeness (QED) is 0.721. The SMILES string of the molecule is CCCNc1nc(CC)nc(NCC2(O)CCCC2)c1C. The number of aromatic nitrogens is 2. The van der Waals surface area contributed by atoms with Gasteiger partial charge in [-0.15, -0.1) is 0 Å². The average Bonchev–Trinajstić information content (AvgIpc) is 2.92. The van der Waals surface area contributed by atoms with Crippen molar-refractivity contribution < 1.29 is 5.11 Å². The molecule has 1 aliphatic carbocycles. The Morgan fingerprint density at radius 3 is 2.29 bits per heavy atom. The summed E-state index contributed by atoms with van der Waals surface area (Å²) in [6.45, 7) is 7.70. The van der Waals surface area contributed by atoms with E-state index in [4.69, 9.17) is 0 Å². The van der Waals surface area contributed by atoms with E-state index >= 15 is 0 Å². The zero-order valence-electron chi connectivity index (χ0n) is 13.5. The molecule has 1 aromatic rings. The first-order chi connectivity index (χ1) is 10.1. The van der Waals surface area contributed by atoms with Crippen molar-refractivity contribution in [2.24, 2.45) is 0 Å². The average molecular weight is 292 g/mol. The second-order valence-electron chi connectivity index (χ2n) is 6.03. The van der Waals surface area contributed by atoms with Crippen LogP contribution in [0.4, 0.5) is 11.6 Å². The van der Waals surface area contributed by atoms with Gasteiger partial charge in [0.25, 0.3) is 0 Å². The molecule has 0 aromatic carbocycles. The van der Waals surface area contributed by atoms with Crippen LogP contribution in [-0.2, 0) is 6.42 Å². The fourth-order valence-electron chi connectivity index (χ4n) is 2.77. The van der Waals surface area contributed by atoms with Crippen molar-refractivity contribution in [2.45, 2.75) is 64.9 Å². The minimum absolute atomic E-state index is 0.569. The molecule has 0 aliphatic heterocycles. The van der Waals surface area contributed by atoms with Gasteiger partial charge in [0.05, 0.1) is 5.60 Å². The monoisotopic (exact) mass is 292 g/mol. The van der Waals surface area contributed by atoms with Gasteiger partial charge in [-0.2, -0.15) is 0 Å². The summed E-state index contributed by atoms with van der Waals surface area (Å²) in [6.07, 6.45) is 5.86. The molecule has 0 unspecified atom stereocenters. The molecule has 0 amide bonds. The van der Waals surface area contributed by atoms with Crippen molar-refractivity contribution in [2.75, 3.05) is 23.7 Å². The predicted molar refractivity (Wildman–Crippen MR) is 86.8 cm³/mol. The molecule has 5 nitrogen and oxygen atoms in total. The van der Waals surface area contributed by atoms with E-state index in [0.717, 1.165) is 68.1 Å². The normalized spacial score (nSPS) is 17.0. The highest BCUT2D eigenvalue weighted by Crippen LogP contribution is 2.30. The maximum Gasteiger partial charge on any atom is 0.134 e. The maximum absolute atomic E-state index is 10.5. The van der Waals surface area contributed by atoms with Crippen LogP contribution in [0.3, 0.4) is 0 Å². The number of hydrogen-bond donors (Lipinski definition) is 3. The first kappa shape index (κ1) is 16.0. The Bertz CT molecular complexity index is 470. The minimum Gasteiger partial charge on any atom is -0.388 e. The van der Waals surface area contributed by atoms with Crippen LogP contribution >= 0.6 is 0 Å². The number of nitrogens with one attached hydrogen (secondary N) is 2. The van der Waals surface area contributed by atoms with E-state index < -0.39 is 5.60 Å². The van der Waals surface area contributed by atoms with Gasteiger partial charge >= 0.3 is 0 Å². The van der Waals surface area contributed by atoms with Crippen molar-refractivity contribution in [3.05, 3.63) is 11.4 Å². The van der Waals surface area contributed by atoms with Gasteiger partial charge in [0.15, 0.2) is 0 Å². The zero-order valence-corrected chi connectivity index (χ0v) is 13.5. The number of hydrogen-bond acceptors (Lipinski definition) is 5. The fourth-order valence-corrected chi connectivity index (χ4v) is 2.77. The third kappa shape index (κ3) is 4.06. The summed E-state index contributed by atoms with van der Waals surface area (Å²) >= 11 is 0. The number of aryl methyl sites for hydroxylation is 1. The van der Waals surface area contributed by atoms with Crippen molar-refractivity contribution in [1.82, 2.24) is 9.97 Å². The molecule has 1 saturated carbocycles. The topological polar surface area (TPSA) is 70.1 Å². The lowest BCUT2D eigenvalue weighted by atomic mass is 10.0. The standard InChI is InChI=1S/C16H28N4O/c1-4-10-17-14-12(3)15(20-13(5-2)19-14)18-11-16(21)8-6-7-9-16/h21H,4-11H2,1-3H3,(H2,17,18,19,20). The van der Waals surface area contributed by atoms with Crippen LogP contribution in [0, 0.1) is 6.92 Å². The second kappa shape index (κ2) is 7.07. The van der Waals surface area contributed by atoms with Gasteiger partial charge in [-0.25, -0.2) is 9.97 Å². The fraction of sp³-hybridized carbons (Fsp3) is 0.750. The van der Waals surface area contributed by atoms with Gasteiger partial charge in [0, 0.05) is 25.1 Å². The highest BCUT2D eigenvalue weighted by Gasteiger charge is 2.31. The van der Waals surface area contributed by atoms with Gasteiger partial charge in [-0.05, 0) is 26.2 Å². The molecule has 118 valence electrons. The first-order valence-corrected chi connectivity index (χ1v) is 8.15. The third-order valence-corrected chi connectivity index (χ3v) is 4.17. The first-order valence-electron chi connectivity index (χ1n) is 8.15. The summed E-state index contributed by atoms with van der Waals surface area (Å²) in [7, 11) is 0. The van der Waals surface area contributed by atoms with Crippen molar-refractivity contribution in [3.8, 4) is 0 Å². The highest BCUT2D eigenvalue weighted by atomic mass is 16.3. The summed E-state index contributed by atoms with van der Waals surface area (Å²) in [5.74, 6) is 2.59. The molecular formula is C16H28N4O. The number of nitrogens with zero attached hydrogens (tertiary/aromatic N) is 2. The third-order valence-electron chi connectivity index (χ3n) is 4.17. The van der Waals surface area contributed by atoms with Crippen LogP contribution in [0.2, 0.25) is 0 Å². The molecule has 3 N–H and O–H groups in total. The Balaban J connectivity index is 2.13. The molecule has 1 aromatic heterocycles. The van der Waals surface area contributed by atoms with Gasteiger partial charge < -0.3 is 15.7 Å². The van der Waals surface area contributed by atoms with Crippen LogP contribution in [0.1, 0.15) is 57.3 Å². The van der Waals surface area contributed by atoms with E-state index in [1.165, 1.54) is 0 Å². The van der Waals surface area contributed by atoms with Crippen LogP contribution in [-0.4, -0.2) is 33.8 Å². The Morgan fingerprint density at radius 2 is 1.71 bits per heavy atom. The van der Waals surface area contributed by atoms with E-state index in [-0.39, 0.29) is 0 Å². The lowest BCUT2D eigenvalue weighted by Gasteiger charge is -2.24. The molecule has 0 bridgehead atoms. The van der Waals surface area contributed by atoms with Crippen LogP contribution in [0.5, 0.6) is 0 Å². The molecule has 0 radical (unpaired) electrons. The number of aliphatic hydroxyl groups is 1. The minimum atomic E-state index is -0.569. The Morgan fingerprint density at radius 1 is 1.10 bits per heavy atom. The lowest BCUT2D eigenvalue weighted by Crippen LogP contribution is -2.34. The smallest absolute Gasteiger partial charge is 0.134 e. The summed E-state index contributed by atoms with van der Waals surface area (Å²) < 4.78 is 0. The van der Waals surface area contributed by atoms with E-state index in [1.54, 1.807) is 0 Å². The van der Waals surface area contributed by atoms with Gasteiger partial charge in [-0.1, -0.05) is 26.7 Å². The van der Waals surface area contributed by atoms with Crippen LogP contribution in [0.15, 0.2) is 0 Å². The zero-order chi connectivity index (χ0) is 15.3. The Hall–Kier alpha value is -1.36. The summed E-state index contributed by atoms with van der Waals surface area (Å²) in [4.78, 5) is 9.14. The molecule has 1 aliphatic rings. The summed E-state index contributed by atoms with van der Waals surface area (Å²) in [5.41, 5.74) is 0.461. The number of rotatable bonds is 7. The molecule has 0 spiro atoms. The molecule has 21 heavy (non-hydrogen) atoms. The van der Waals surface area contributed by atoms with E-state index in [2.05, 4.69) is 34.4 Å². The van der Waals surface area contributed by atoms with Crippen molar-refractivity contribution in [3.63, 3.8) is 0 Å². The largest absolute Gasteiger partial charge is 0.388 e. The van der Waals surface area contributed by atoms with Gasteiger partial charge in [-0.3, -0.25) is 0 Å². The van der Waals surface area contributed by atoms with Crippen molar-refractivity contribution >= 4 is 11.6 Å². The molecular weight excluding hydrogens is 264 g/mol. The predicted octanol–water partition coefficient (Wildman–Crippen LogP) is 2.89. The van der Waals surface area contributed by atoms with Gasteiger partial charge in [0.2, 0.25) is 0 Å². The lowest BCUT2D eigenvalue weighted by molar-refractivity contribution is 0.0614. The van der Waals surface area contributed by atoms with Gasteiger partial charge in [0.1, 0.15) is 17.5 Å². The number of anilines is 2. The molecule has 0 saturated heterocycles.